The number of halogens is 5. The van der Waals surface area contributed by atoms with Gasteiger partial charge in [0.15, 0.2) is 23.3 Å². The fourth-order valence-corrected chi connectivity index (χ4v) is 9.84. The van der Waals surface area contributed by atoms with Gasteiger partial charge in [-0.1, -0.05) is 13.8 Å². The summed E-state index contributed by atoms with van der Waals surface area (Å²) in [5.74, 6) is -14.0. The third-order valence-electron chi connectivity index (χ3n) is 10.9. The van der Waals surface area contributed by atoms with Crippen molar-refractivity contribution >= 4 is 22.2 Å². The fourth-order valence-electron chi connectivity index (χ4n) is 9.32. The SMILES string of the molecule is CC(=O)[C@H]1CC[C@H]2[C@@H]3CC[C@@H]4C[C@H](OS(=O)(=O)O)CC[C@]4(C)[C@H]3[C@H](OC(=O)c3c(F)c(F)c(F)c(F)c3F)C[C@]12C. The standard InChI is InChI=1S/C28H33F5O7S/c1-12(34)16-6-7-17-15-5-4-13-10-14(40-41(36,37)38)8-9-27(13,2)20(15)18(11-28(16,17)3)39-26(35)19-21(29)23(31)25(33)24(32)22(19)30/h13-18,20H,4-11H2,1-3H3,(H,36,37,38)/t13-,14-,15+,16-,17+,18-,20-,27+,28-/m1/s1. The Labute approximate surface area is 235 Å². The number of esters is 1. The molecule has 0 saturated heterocycles. The summed E-state index contributed by atoms with van der Waals surface area (Å²) in [6.45, 7) is 5.42. The van der Waals surface area contributed by atoms with Crippen LogP contribution in [0.25, 0.3) is 0 Å². The summed E-state index contributed by atoms with van der Waals surface area (Å²) in [7, 11) is -4.67. The maximum absolute atomic E-state index is 14.6. The van der Waals surface area contributed by atoms with Crippen LogP contribution < -0.4 is 0 Å². The average Bonchev–Trinajstić information content (AvgIpc) is 3.22. The highest BCUT2D eigenvalue weighted by Crippen LogP contribution is 2.68. The molecule has 9 atom stereocenters. The van der Waals surface area contributed by atoms with Gasteiger partial charge in [-0.05, 0) is 86.9 Å². The van der Waals surface area contributed by atoms with E-state index >= 15 is 0 Å². The molecule has 1 aromatic carbocycles. The molecule has 0 bridgehead atoms. The molecule has 0 aliphatic heterocycles. The number of hydrogen-bond acceptors (Lipinski definition) is 6. The second kappa shape index (κ2) is 10.3. The highest BCUT2D eigenvalue weighted by molar-refractivity contribution is 7.80. The van der Waals surface area contributed by atoms with Crippen molar-refractivity contribution in [2.45, 2.75) is 84.3 Å². The molecular weight excluding hydrogens is 575 g/mol. The molecule has 228 valence electrons. The molecule has 0 unspecified atom stereocenters. The first-order valence-electron chi connectivity index (χ1n) is 13.9. The molecule has 0 aromatic heterocycles. The van der Waals surface area contributed by atoms with E-state index in [0.717, 1.165) is 6.42 Å². The van der Waals surface area contributed by atoms with Gasteiger partial charge >= 0.3 is 16.4 Å². The Balaban J connectivity index is 1.53. The number of ether oxygens (including phenoxy) is 1. The number of rotatable bonds is 5. The van der Waals surface area contributed by atoms with Crippen LogP contribution in [0.2, 0.25) is 0 Å². The van der Waals surface area contributed by atoms with Crippen molar-refractivity contribution < 1.29 is 53.4 Å². The number of ketones is 1. The van der Waals surface area contributed by atoms with Crippen molar-refractivity contribution in [1.82, 2.24) is 0 Å². The van der Waals surface area contributed by atoms with Crippen LogP contribution in [0.3, 0.4) is 0 Å². The number of Topliss-reactive ketones (excluding diaryl/α,β-unsaturated/α-hetero) is 1. The zero-order valence-corrected chi connectivity index (χ0v) is 23.7. The molecule has 7 nitrogen and oxygen atoms in total. The van der Waals surface area contributed by atoms with Gasteiger partial charge in [-0.3, -0.25) is 9.35 Å². The van der Waals surface area contributed by atoms with Gasteiger partial charge in [0, 0.05) is 11.8 Å². The lowest BCUT2D eigenvalue weighted by Gasteiger charge is -2.62. The summed E-state index contributed by atoms with van der Waals surface area (Å²) in [6, 6.07) is 0. The van der Waals surface area contributed by atoms with Crippen LogP contribution >= 0.6 is 0 Å². The molecule has 41 heavy (non-hydrogen) atoms. The first-order chi connectivity index (χ1) is 19.0. The van der Waals surface area contributed by atoms with E-state index in [4.69, 9.17) is 8.92 Å². The van der Waals surface area contributed by atoms with Gasteiger partial charge in [0.1, 0.15) is 17.5 Å². The number of benzene rings is 1. The number of carbonyl (C=O) groups excluding carboxylic acids is 2. The summed E-state index contributed by atoms with van der Waals surface area (Å²) >= 11 is 0. The Kier molecular flexibility index (Phi) is 7.59. The lowest BCUT2D eigenvalue weighted by molar-refractivity contribution is -0.178. The predicted molar refractivity (Wildman–Crippen MR) is 133 cm³/mol. The van der Waals surface area contributed by atoms with Crippen LogP contribution in [0.15, 0.2) is 0 Å². The second-order valence-corrected chi connectivity index (χ2v) is 13.9. The quantitative estimate of drug-likeness (QED) is 0.145. The van der Waals surface area contributed by atoms with Crippen LogP contribution in [0.4, 0.5) is 22.0 Å². The molecule has 1 aromatic rings. The van der Waals surface area contributed by atoms with E-state index in [2.05, 4.69) is 0 Å². The van der Waals surface area contributed by atoms with Crippen molar-refractivity contribution in [3.8, 4) is 0 Å². The summed E-state index contributed by atoms with van der Waals surface area (Å²) in [4.78, 5) is 25.8. The van der Waals surface area contributed by atoms with Crippen molar-refractivity contribution in [2.24, 2.45) is 40.4 Å². The Bertz CT molecular complexity index is 1360. The lowest BCUT2D eigenvalue weighted by atomic mass is 9.43. The third kappa shape index (κ3) is 4.89. The Morgan fingerprint density at radius 1 is 0.878 bits per heavy atom. The van der Waals surface area contributed by atoms with Gasteiger partial charge in [-0.2, -0.15) is 8.42 Å². The summed E-state index contributed by atoms with van der Waals surface area (Å²) < 4.78 is 113. The molecule has 5 rings (SSSR count). The molecule has 4 fully saturated rings. The van der Waals surface area contributed by atoms with E-state index in [0.29, 0.717) is 32.1 Å². The van der Waals surface area contributed by atoms with Crippen LogP contribution in [-0.2, 0) is 24.1 Å². The third-order valence-corrected chi connectivity index (χ3v) is 11.5. The molecule has 1 N–H and O–H groups in total. The molecule has 4 saturated carbocycles. The maximum Gasteiger partial charge on any atom is 0.397 e. The smallest absolute Gasteiger partial charge is 0.397 e. The van der Waals surface area contributed by atoms with Crippen LogP contribution in [0, 0.1) is 69.5 Å². The second-order valence-electron chi connectivity index (χ2n) is 12.8. The summed E-state index contributed by atoms with van der Waals surface area (Å²) in [5.41, 5.74) is -2.83. The van der Waals surface area contributed by atoms with E-state index in [1.54, 1.807) is 0 Å². The van der Waals surface area contributed by atoms with Gasteiger partial charge in [0.2, 0.25) is 5.82 Å². The highest BCUT2D eigenvalue weighted by Gasteiger charge is 2.65. The summed E-state index contributed by atoms with van der Waals surface area (Å²) in [5, 5.41) is 0. The normalized spacial score (nSPS) is 38.5. The molecule has 0 spiro atoms. The zero-order chi connectivity index (χ0) is 30.2. The van der Waals surface area contributed by atoms with Crippen LogP contribution in [-0.4, -0.2) is 36.9 Å². The Hall–Kier alpha value is -2.12. The first-order valence-corrected chi connectivity index (χ1v) is 15.2. The highest BCUT2D eigenvalue weighted by atomic mass is 32.3. The minimum absolute atomic E-state index is 0.0268. The van der Waals surface area contributed by atoms with E-state index in [-0.39, 0.29) is 48.2 Å². The van der Waals surface area contributed by atoms with Gasteiger partial charge in [0.25, 0.3) is 0 Å². The van der Waals surface area contributed by atoms with Gasteiger partial charge in [0.05, 0.1) is 6.10 Å². The predicted octanol–water partition coefficient (Wildman–Crippen LogP) is 5.95. The van der Waals surface area contributed by atoms with Gasteiger partial charge < -0.3 is 4.74 Å². The van der Waals surface area contributed by atoms with E-state index < -0.39 is 74.1 Å². The molecular formula is C28H33F5O7S. The Morgan fingerprint density at radius 3 is 2.07 bits per heavy atom. The molecule has 0 radical (unpaired) electrons. The van der Waals surface area contributed by atoms with E-state index in [9.17, 15) is 44.5 Å². The van der Waals surface area contributed by atoms with E-state index in [1.165, 1.54) is 6.92 Å². The zero-order valence-electron chi connectivity index (χ0n) is 22.9. The van der Waals surface area contributed by atoms with Crippen molar-refractivity contribution in [3.05, 3.63) is 34.6 Å². The average molecular weight is 609 g/mol. The minimum Gasteiger partial charge on any atom is -0.458 e. The number of carbonyl (C=O) groups is 2. The largest absolute Gasteiger partial charge is 0.458 e. The van der Waals surface area contributed by atoms with Crippen molar-refractivity contribution in [2.75, 3.05) is 0 Å². The monoisotopic (exact) mass is 608 g/mol. The summed E-state index contributed by atoms with van der Waals surface area (Å²) in [6.07, 6.45) is 2.11. The first kappa shape index (κ1) is 30.3. The molecule has 0 amide bonds. The van der Waals surface area contributed by atoms with Crippen molar-refractivity contribution in [3.63, 3.8) is 0 Å². The van der Waals surface area contributed by atoms with E-state index in [1.807, 2.05) is 13.8 Å². The maximum atomic E-state index is 14.6. The fraction of sp³-hybridized carbons (Fsp3) is 0.714. The Morgan fingerprint density at radius 2 is 1.49 bits per heavy atom. The molecule has 13 heteroatoms. The number of fused-ring (bicyclic) bond motifs is 5. The minimum atomic E-state index is -4.67. The topological polar surface area (TPSA) is 107 Å². The lowest BCUT2D eigenvalue weighted by Crippen LogP contribution is -2.60. The van der Waals surface area contributed by atoms with Crippen LogP contribution in [0.5, 0.6) is 0 Å². The molecule has 4 aliphatic carbocycles. The van der Waals surface area contributed by atoms with Gasteiger partial charge in [-0.15, -0.1) is 0 Å². The van der Waals surface area contributed by atoms with Gasteiger partial charge in [-0.25, -0.2) is 30.9 Å². The number of hydrogen-bond donors (Lipinski definition) is 1. The van der Waals surface area contributed by atoms with Crippen LogP contribution in [0.1, 0.15) is 82.5 Å². The molecule has 0 heterocycles. The van der Waals surface area contributed by atoms with Crippen molar-refractivity contribution in [1.29, 1.82) is 0 Å². The molecule has 4 aliphatic rings.